The van der Waals surface area contributed by atoms with E-state index in [1.165, 1.54) is 0 Å². The van der Waals surface area contributed by atoms with E-state index in [0.717, 1.165) is 0 Å². The summed E-state index contributed by atoms with van der Waals surface area (Å²) in [6, 6.07) is 0.374. The minimum absolute atomic E-state index is 0.374. The zero-order chi connectivity index (χ0) is 11.2. The smallest absolute Gasteiger partial charge is 0.338 e. The van der Waals surface area contributed by atoms with Crippen molar-refractivity contribution in [3.05, 3.63) is 34.6 Å². The molecule has 1 aromatic rings. The summed E-state index contributed by atoms with van der Waals surface area (Å²) in [5, 5.41) is 8.58. The molecule has 0 unspecified atom stereocenters. The molecule has 0 radical (unpaired) electrons. The van der Waals surface area contributed by atoms with Crippen LogP contribution >= 0.6 is 0 Å². The molecule has 0 amide bonds. The summed E-state index contributed by atoms with van der Waals surface area (Å²) in [5.41, 5.74) is -1.23. The lowest BCUT2D eigenvalue weighted by molar-refractivity contribution is 0.0690. The van der Waals surface area contributed by atoms with Gasteiger partial charge in [-0.2, -0.15) is 0 Å². The van der Waals surface area contributed by atoms with Crippen LogP contribution in [0.2, 0.25) is 0 Å². The third-order valence-corrected chi connectivity index (χ3v) is 2.41. The Labute approximate surface area is 83.3 Å². The first-order valence-corrected chi connectivity index (χ1v) is 4.43. The molecule has 80 valence electrons. The molecule has 0 saturated heterocycles. The van der Waals surface area contributed by atoms with Crippen LogP contribution in [-0.4, -0.2) is 11.1 Å². The Morgan fingerprint density at radius 2 is 1.87 bits per heavy atom. The molecule has 0 atom stereocenters. The van der Waals surface area contributed by atoms with Crippen LogP contribution < -0.4 is 0 Å². The molecule has 1 fully saturated rings. The van der Waals surface area contributed by atoms with Crippen molar-refractivity contribution in [3.8, 4) is 0 Å². The van der Waals surface area contributed by atoms with Gasteiger partial charge in [-0.3, -0.25) is 0 Å². The fraction of sp³-hybridized carbons (Fsp3) is 0.300. The number of aromatic carboxylic acids is 1. The van der Waals surface area contributed by atoms with E-state index < -0.39 is 34.5 Å². The molecular weight excluding hydrogens is 209 g/mol. The molecular formula is C10H7F3O2. The number of halogens is 3. The van der Waals surface area contributed by atoms with Crippen LogP contribution in [0, 0.1) is 17.5 Å². The van der Waals surface area contributed by atoms with E-state index in [1.807, 2.05) is 0 Å². The van der Waals surface area contributed by atoms with E-state index in [9.17, 15) is 18.0 Å². The van der Waals surface area contributed by atoms with E-state index in [4.69, 9.17) is 5.11 Å². The van der Waals surface area contributed by atoms with Gasteiger partial charge in [0.25, 0.3) is 0 Å². The minimum atomic E-state index is -1.59. The maximum absolute atomic E-state index is 13.5. The largest absolute Gasteiger partial charge is 0.478 e. The SMILES string of the molecule is O=C(O)c1cc(F)c(F)c(C2CC2)c1F. The molecule has 15 heavy (non-hydrogen) atoms. The third-order valence-electron chi connectivity index (χ3n) is 2.41. The first kappa shape index (κ1) is 10.0. The van der Waals surface area contributed by atoms with Crippen LogP contribution in [0.15, 0.2) is 6.07 Å². The summed E-state index contributed by atoms with van der Waals surface area (Å²) in [5.74, 6) is -5.69. The third kappa shape index (κ3) is 1.58. The van der Waals surface area contributed by atoms with Crippen LogP contribution in [0.4, 0.5) is 13.2 Å². The predicted octanol–water partition coefficient (Wildman–Crippen LogP) is 2.68. The summed E-state index contributed by atoms with van der Waals surface area (Å²) in [6.45, 7) is 0. The van der Waals surface area contributed by atoms with Crippen molar-refractivity contribution in [1.29, 1.82) is 0 Å². The Balaban J connectivity index is 2.65. The van der Waals surface area contributed by atoms with Gasteiger partial charge in [0.15, 0.2) is 11.6 Å². The van der Waals surface area contributed by atoms with E-state index in [2.05, 4.69) is 0 Å². The fourth-order valence-corrected chi connectivity index (χ4v) is 1.51. The zero-order valence-electron chi connectivity index (χ0n) is 7.56. The molecule has 0 spiro atoms. The second kappa shape index (κ2) is 3.25. The average molecular weight is 216 g/mol. The van der Waals surface area contributed by atoms with Gasteiger partial charge in [-0.1, -0.05) is 0 Å². The van der Waals surface area contributed by atoms with E-state index in [0.29, 0.717) is 18.9 Å². The van der Waals surface area contributed by atoms with Gasteiger partial charge in [0.1, 0.15) is 5.82 Å². The molecule has 0 aromatic heterocycles. The summed E-state index contributed by atoms with van der Waals surface area (Å²) >= 11 is 0. The molecule has 1 N–H and O–H groups in total. The Kier molecular flexibility index (Phi) is 2.17. The van der Waals surface area contributed by atoms with Crippen molar-refractivity contribution in [1.82, 2.24) is 0 Å². The van der Waals surface area contributed by atoms with Crippen molar-refractivity contribution in [2.75, 3.05) is 0 Å². The minimum Gasteiger partial charge on any atom is -0.478 e. The summed E-state index contributed by atoms with van der Waals surface area (Å²) < 4.78 is 39.6. The van der Waals surface area contributed by atoms with E-state index in [1.54, 1.807) is 0 Å². The Hall–Kier alpha value is -1.52. The highest BCUT2D eigenvalue weighted by Crippen LogP contribution is 2.43. The van der Waals surface area contributed by atoms with Gasteiger partial charge in [0, 0.05) is 5.56 Å². The first-order chi connectivity index (χ1) is 7.02. The van der Waals surface area contributed by atoms with Crippen molar-refractivity contribution < 1.29 is 23.1 Å². The molecule has 2 rings (SSSR count). The van der Waals surface area contributed by atoms with Crippen molar-refractivity contribution >= 4 is 5.97 Å². The highest BCUT2D eigenvalue weighted by Gasteiger charge is 2.33. The lowest BCUT2D eigenvalue weighted by atomic mass is 10.0. The lowest BCUT2D eigenvalue weighted by Gasteiger charge is -2.06. The van der Waals surface area contributed by atoms with Crippen molar-refractivity contribution in [2.24, 2.45) is 0 Å². The molecule has 5 heteroatoms. The maximum atomic E-state index is 13.5. The van der Waals surface area contributed by atoms with Crippen LogP contribution in [0.1, 0.15) is 34.7 Å². The van der Waals surface area contributed by atoms with Gasteiger partial charge in [-0.15, -0.1) is 0 Å². The first-order valence-electron chi connectivity index (χ1n) is 4.43. The predicted molar refractivity (Wildman–Crippen MR) is 45.3 cm³/mol. The van der Waals surface area contributed by atoms with Gasteiger partial charge in [-0.25, -0.2) is 18.0 Å². The molecule has 1 aliphatic carbocycles. The zero-order valence-corrected chi connectivity index (χ0v) is 7.56. The van der Waals surface area contributed by atoms with Crippen LogP contribution in [0.3, 0.4) is 0 Å². The normalized spacial score (nSPS) is 15.4. The second-order valence-corrected chi connectivity index (χ2v) is 3.53. The van der Waals surface area contributed by atoms with Gasteiger partial charge < -0.3 is 5.11 Å². The molecule has 0 heterocycles. The number of hydrogen-bond acceptors (Lipinski definition) is 1. The Morgan fingerprint density at radius 3 is 2.33 bits per heavy atom. The van der Waals surface area contributed by atoms with Crippen LogP contribution in [0.25, 0.3) is 0 Å². The summed E-state index contributed by atoms with van der Waals surface area (Å²) in [7, 11) is 0. The number of carboxylic acid groups (broad SMARTS) is 1. The van der Waals surface area contributed by atoms with Crippen molar-refractivity contribution in [3.63, 3.8) is 0 Å². The van der Waals surface area contributed by atoms with Crippen molar-refractivity contribution in [2.45, 2.75) is 18.8 Å². The van der Waals surface area contributed by atoms with Gasteiger partial charge >= 0.3 is 5.97 Å². The standard InChI is InChI=1S/C10H7F3O2/c11-6-3-5(10(14)15)8(12)7(9(6)13)4-1-2-4/h3-4H,1-2H2,(H,14,15). The molecule has 0 bridgehead atoms. The number of carbonyl (C=O) groups is 1. The van der Waals surface area contributed by atoms with E-state index >= 15 is 0 Å². The molecule has 0 aliphatic heterocycles. The molecule has 2 nitrogen and oxygen atoms in total. The Bertz CT molecular complexity index is 439. The number of hydrogen-bond donors (Lipinski definition) is 1. The lowest BCUT2D eigenvalue weighted by Crippen LogP contribution is -2.07. The van der Waals surface area contributed by atoms with Gasteiger partial charge in [-0.05, 0) is 24.8 Å². The highest BCUT2D eigenvalue weighted by atomic mass is 19.2. The van der Waals surface area contributed by atoms with E-state index in [-0.39, 0.29) is 5.92 Å². The summed E-state index contributed by atoms with van der Waals surface area (Å²) in [4.78, 5) is 10.6. The highest BCUT2D eigenvalue weighted by molar-refractivity contribution is 5.88. The van der Waals surface area contributed by atoms with Gasteiger partial charge in [0.05, 0.1) is 5.56 Å². The number of carboxylic acids is 1. The topological polar surface area (TPSA) is 37.3 Å². The quantitative estimate of drug-likeness (QED) is 0.771. The average Bonchev–Trinajstić information content (AvgIpc) is 2.95. The van der Waals surface area contributed by atoms with Crippen LogP contribution in [0.5, 0.6) is 0 Å². The second-order valence-electron chi connectivity index (χ2n) is 3.53. The number of rotatable bonds is 2. The number of benzene rings is 1. The maximum Gasteiger partial charge on any atom is 0.338 e. The molecule has 1 aliphatic rings. The monoisotopic (exact) mass is 216 g/mol. The fourth-order valence-electron chi connectivity index (χ4n) is 1.51. The molecule has 1 saturated carbocycles. The molecule has 1 aromatic carbocycles. The van der Waals surface area contributed by atoms with Crippen LogP contribution in [-0.2, 0) is 0 Å². The van der Waals surface area contributed by atoms with Gasteiger partial charge in [0.2, 0.25) is 0 Å². The summed E-state index contributed by atoms with van der Waals surface area (Å²) in [6.07, 6.45) is 1.13. The Morgan fingerprint density at radius 1 is 1.27 bits per heavy atom.